The molecule has 122 valence electrons. The van der Waals surface area contributed by atoms with Crippen LogP contribution in [-0.4, -0.2) is 57.5 Å². The Hall–Kier alpha value is 0.0200. The number of hydrogen-bond donors (Lipinski definition) is 1. The number of nitrogens with one attached hydrogen (secondary N) is 1. The highest BCUT2D eigenvalue weighted by atomic mass is 79.9. The maximum Gasteiger partial charge on any atom is 0.0593 e. The van der Waals surface area contributed by atoms with E-state index in [2.05, 4.69) is 37.6 Å². The molecule has 4 nitrogen and oxygen atoms in total. The van der Waals surface area contributed by atoms with Gasteiger partial charge in [-0.2, -0.15) is 0 Å². The Morgan fingerprint density at radius 1 is 1.14 bits per heavy atom. The van der Waals surface area contributed by atoms with E-state index in [-0.39, 0.29) is 0 Å². The lowest BCUT2D eigenvalue weighted by Gasteiger charge is -2.22. The van der Waals surface area contributed by atoms with E-state index < -0.39 is 0 Å². The summed E-state index contributed by atoms with van der Waals surface area (Å²) in [6, 6.07) is 2.17. The third-order valence-electron chi connectivity index (χ3n) is 3.04. The maximum atomic E-state index is 5.44. The van der Waals surface area contributed by atoms with E-state index in [4.69, 9.17) is 9.47 Å². The van der Waals surface area contributed by atoms with Gasteiger partial charge in [-0.05, 0) is 35.8 Å². The first kappa shape index (κ1) is 19.1. The minimum absolute atomic E-state index is 0.783. The molecule has 0 bridgehead atoms. The average molecular weight is 379 g/mol. The molecule has 0 radical (unpaired) electrons. The average Bonchev–Trinajstić information content (AvgIpc) is 2.89. The molecule has 21 heavy (non-hydrogen) atoms. The largest absolute Gasteiger partial charge is 0.380 e. The monoisotopic (exact) mass is 378 g/mol. The van der Waals surface area contributed by atoms with E-state index in [1.807, 2.05) is 13.8 Å². The van der Waals surface area contributed by atoms with Crippen molar-refractivity contribution in [2.75, 3.05) is 52.6 Å². The molecule has 1 aromatic heterocycles. The summed E-state index contributed by atoms with van der Waals surface area (Å²) >= 11 is 5.26. The van der Waals surface area contributed by atoms with Crippen molar-refractivity contribution in [3.63, 3.8) is 0 Å². The maximum absolute atomic E-state index is 5.44. The highest BCUT2D eigenvalue weighted by Crippen LogP contribution is 2.19. The van der Waals surface area contributed by atoms with Crippen LogP contribution in [0.2, 0.25) is 0 Å². The van der Waals surface area contributed by atoms with Crippen LogP contribution >= 0.6 is 27.3 Å². The molecule has 0 amide bonds. The van der Waals surface area contributed by atoms with Crippen LogP contribution in [0.5, 0.6) is 0 Å². The third-order valence-corrected chi connectivity index (χ3v) is 4.74. The van der Waals surface area contributed by atoms with Gasteiger partial charge in [0.05, 0.1) is 13.2 Å². The predicted octanol–water partition coefficient (Wildman–Crippen LogP) is 2.98. The number of ether oxygens (including phenoxy) is 2. The Labute approximate surface area is 140 Å². The predicted molar refractivity (Wildman–Crippen MR) is 93.2 cm³/mol. The van der Waals surface area contributed by atoms with Crippen molar-refractivity contribution < 1.29 is 9.47 Å². The van der Waals surface area contributed by atoms with Gasteiger partial charge in [0.2, 0.25) is 0 Å². The minimum atomic E-state index is 0.783. The van der Waals surface area contributed by atoms with Gasteiger partial charge in [-0.1, -0.05) is 0 Å². The SMILES string of the molecule is CCOCCN(CCNCc1cc(Br)cs1)CCOCC. The van der Waals surface area contributed by atoms with E-state index in [1.54, 1.807) is 11.3 Å². The first-order valence-electron chi connectivity index (χ1n) is 7.57. The van der Waals surface area contributed by atoms with E-state index in [0.29, 0.717) is 0 Å². The molecule has 0 unspecified atom stereocenters. The van der Waals surface area contributed by atoms with Crippen molar-refractivity contribution in [1.29, 1.82) is 0 Å². The second kappa shape index (κ2) is 12.6. The number of thiophene rings is 1. The Kier molecular flexibility index (Phi) is 11.4. The molecule has 0 spiro atoms. The van der Waals surface area contributed by atoms with Crippen molar-refractivity contribution in [3.05, 3.63) is 20.8 Å². The van der Waals surface area contributed by atoms with Crippen molar-refractivity contribution in [2.24, 2.45) is 0 Å². The standard InChI is InChI=1S/C15H27BrN2O2S/c1-3-19-9-7-18(8-10-20-4-2)6-5-17-12-15-11-14(16)13-21-15/h11,13,17H,3-10,12H2,1-2H3. The van der Waals surface area contributed by atoms with Gasteiger partial charge < -0.3 is 14.8 Å². The molecule has 1 rings (SSSR count). The van der Waals surface area contributed by atoms with Crippen LogP contribution in [0, 0.1) is 0 Å². The van der Waals surface area contributed by atoms with Crippen LogP contribution in [0.25, 0.3) is 0 Å². The highest BCUT2D eigenvalue weighted by Gasteiger charge is 2.05. The normalized spacial score (nSPS) is 11.4. The molecule has 0 atom stereocenters. The number of hydrogen-bond acceptors (Lipinski definition) is 5. The van der Waals surface area contributed by atoms with Crippen LogP contribution in [0.1, 0.15) is 18.7 Å². The fourth-order valence-electron chi connectivity index (χ4n) is 1.91. The van der Waals surface area contributed by atoms with Crippen LogP contribution < -0.4 is 5.32 Å². The quantitative estimate of drug-likeness (QED) is 0.535. The van der Waals surface area contributed by atoms with Gasteiger partial charge in [-0.3, -0.25) is 4.90 Å². The van der Waals surface area contributed by atoms with Gasteiger partial charge in [0.15, 0.2) is 0 Å². The number of halogens is 1. The Balaban J connectivity index is 2.17. The number of nitrogens with zero attached hydrogens (tertiary/aromatic N) is 1. The van der Waals surface area contributed by atoms with E-state index in [1.165, 1.54) is 9.35 Å². The zero-order valence-corrected chi connectivity index (χ0v) is 15.5. The van der Waals surface area contributed by atoms with Crippen LogP contribution in [0.15, 0.2) is 15.9 Å². The molecule has 0 saturated carbocycles. The Morgan fingerprint density at radius 3 is 2.33 bits per heavy atom. The second-order valence-electron chi connectivity index (χ2n) is 4.64. The van der Waals surface area contributed by atoms with Crippen molar-refractivity contribution in [2.45, 2.75) is 20.4 Å². The second-order valence-corrected chi connectivity index (χ2v) is 6.55. The van der Waals surface area contributed by atoms with Gasteiger partial charge >= 0.3 is 0 Å². The molecule has 6 heteroatoms. The molecule has 0 fully saturated rings. The molecule has 1 heterocycles. The van der Waals surface area contributed by atoms with Gasteiger partial charge in [0.25, 0.3) is 0 Å². The van der Waals surface area contributed by atoms with Crippen molar-refractivity contribution in [1.82, 2.24) is 10.2 Å². The third kappa shape index (κ3) is 9.60. The molecule has 1 aromatic rings. The summed E-state index contributed by atoms with van der Waals surface area (Å²) in [5, 5.41) is 5.61. The summed E-state index contributed by atoms with van der Waals surface area (Å²) < 4.78 is 12.1. The highest BCUT2D eigenvalue weighted by molar-refractivity contribution is 9.10. The van der Waals surface area contributed by atoms with E-state index in [0.717, 1.165) is 59.2 Å². The summed E-state index contributed by atoms with van der Waals surface area (Å²) in [7, 11) is 0. The molecule has 1 N–H and O–H groups in total. The minimum Gasteiger partial charge on any atom is -0.380 e. The fraction of sp³-hybridized carbons (Fsp3) is 0.733. The fourth-order valence-corrected chi connectivity index (χ4v) is 3.33. The summed E-state index contributed by atoms with van der Waals surface area (Å²) in [4.78, 5) is 3.75. The zero-order valence-electron chi connectivity index (χ0n) is 13.1. The van der Waals surface area contributed by atoms with Gasteiger partial charge in [0, 0.05) is 60.7 Å². The van der Waals surface area contributed by atoms with Gasteiger partial charge in [-0.15, -0.1) is 11.3 Å². The Bertz CT molecular complexity index is 353. The van der Waals surface area contributed by atoms with Crippen LogP contribution in [-0.2, 0) is 16.0 Å². The molecular weight excluding hydrogens is 352 g/mol. The molecule has 0 aliphatic heterocycles. The van der Waals surface area contributed by atoms with Gasteiger partial charge in [0.1, 0.15) is 0 Å². The van der Waals surface area contributed by atoms with Gasteiger partial charge in [-0.25, -0.2) is 0 Å². The summed E-state index contributed by atoms with van der Waals surface area (Å²) in [5.41, 5.74) is 0. The van der Waals surface area contributed by atoms with Crippen LogP contribution in [0.4, 0.5) is 0 Å². The molecule has 0 aliphatic rings. The lowest BCUT2D eigenvalue weighted by molar-refractivity contribution is 0.0832. The first-order chi connectivity index (χ1) is 10.3. The summed E-state index contributed by atoms with van der Waals surface area (Å²) in [6.07, 6.45) is 0. The summed E-state index contributed by atoms with van der Waals surface area (Å²) in [6.45, 7) is 12.1. The van der Waals surface area contributed by atoms with Crippen LogP contribution in [0.3, 0.4) is 0 Å². The zero-order chi connectivity index (χ0) is 15.3. The van der Waals surface area contributed by atoms with E-state index in [9.17, 15) is 0 Å². The van der Waals surface area contributed by atoms with Crippen molar-refractivity contribution in [3.8, 4) is 0 Å². The molecular formula is C15H27BrN2O2S. The number of rotatable bonds is 13. The molecule has 0 aliphatic carbocycles. The smallest absolute Gasteiger partial charge is 0.0593 e. The molecule has 0 saturated heterocycles. The topological polar surface area (TPSA) is 33.7 Å². The lowest BCUT2D eigenvalue weighted by atomic mass is 10.4. The summed E-state index contributed by atoms with van der Waals surface area (Å²) in [5.74, 6) is 0. The van der Waals surface area contributed by atoms with E-state index >= 15 is 0 Å². The van der Waals surface area contributed by atoms with Crippen molar-refractivity contribution >= 4 is 27.3 Å². The molecule has 0 aromatic carbocycles. The Morgan fingerprint density at radius 2 is 1.81 bits per heavy atom. The first-order valence-corrected chi connectivity index (χ1v) is 9.25. The lowest BCUT2D eigenvalue weighted by Crippen LogP contribution is -2.36.